The predicted molar refractivity (Wildman–Crippen MR) is 146 cm³/mol. The fourth-order valence-corrected chi connectivity index (χ4v) is 4.03. The molecule has 190 valence electrons. The van der Waals surface area contributed by atoms with Crippen LogP contribution in [0.15, 0.2) is 54.9 Å². The van der Waals surface area contributed by atoms with Gasteiger partial charge in [0.2, 0.25) is 0 Å². The van der Waals surface area contributed by atoms with E-state index in [-0.39, 0.29) is 19.0 Å². The van der Waals surface area contributed by atoms with Crippen LogP contribution in [0.1, 0.15) is 19.4 Å². The summed E-state index contributed by atoms with van der Waals surface area (Å²) in [6.45, 7) is 5.10. The van der Waals surface area contributed by atoms with Crippen LogP contribution in [0.3, 0.4) is 0 Å². The van der Waals surface area contributed by atoms with E-state index in [0.717, 1.165) is 16.6 Å². The van der Waals surface area contributed by atoms with Gasteiger partial charge < -0.3 is 24.3 Å². The number of nitrogens with one attached hydrogen (secondary N) is 1. The van der Waals surface area contributed by atoms with E-state index < -0.39 is 0 Å². The second kappa shape index (κ2) is 12.7. The first kappa shape index (κ1) is 27.5. The molecule has 0 fully saturated rings. The van der Waals surface area contributed by atoms with Gasteiger partial charge in [-0.15, -0.1) is 12.4 Å². The molecule has 36 heavy (non-hydrogen) atoms. The number of anilines is 2. The summed E-state index contributed by atoms with van der Waals surface area (Å²) in [5.41, 5.74) is 2.21. The molecule has 1 heterocycles. The minimum absolute atomic E-state index is 0. The van der Waals surface area contributed by atoms with Gasteiger partial charge in [0.15, 0.2) is 23.0 Å². The Kier molecular flexibility index (Phi) is 9.70. The maximum atomic E-state index is 6.26. The van der Waals surface area contributed by atoms with E-state index in [2.05, 4.69) is 15.3 Å². The Balaban J connectivity index is 0.00000361. The minimum atomic E-state index is 0. The van der Waals surface area contributed by atoms with Gasteiger partial charge in [-0.05, 0) is 44.2 Å². The van der Waals surface area contributed by atoms with Crippen molar-refractivity contribution in [3.05, 3.63) is 70.5 Å². The molecule has 0 spiro atoms. The van der Waals surface area contributed by atoms with E-state index in [9.17, 15) is 0 Å². The van der Waals surface area contributed by atoms with Crippen LogP contribution in [0.2, 0.25) is 10.0 Å². The van der Waals surface area contributed by atoms with Crippen molar-refractivity contribution in [1.82, 2.24) is 9.97 Å². The zero-order valence-corrected chi connectivity index (χ0v) is 22.3. The van der Waals surface area contributed by atoms with Crippen molar-refractivity contribution in [2.75, 3.05) is 25.6 Å². The topological polar surface area (TPSA) is 74.7 Å². The lowest BCUT2D eigenvalue weighted by Crippen LogP contribution is -2.02. The van der Waals surface area contributed by atoms with Crippen LogP contribution in [0.25, 0.3) is 10.9 Å². The summed E-state index contributed by atoms with van der Waals surface area (Å²) in [6, 6.07) is 14.6. The summed E-state index contributed by atoms with van der Waals surface area (Å²) in [7, 11) is 1.58. The van der Waals surface area contributed by atoms with Crippen LogP contribution in [-0.4, -0.2) is 30.3 Å². The van der Waals surface area contributed by atoms with Crippen molar-refractivity contribution >= 4 is 58.0 Å². The fourth-order valence-electron chi connectivity index (χ4n) is 3.52. The molecule has 0 aliphatic rings. The molecule has 0 saturated carbocycles. The van der Waals surface area contributed by atoms with Crippen molar-refractivity contribution < 1.29 is 18.9 Å². The van der Waals surface area contributed by atoms with Gasteiger partial charge in [-0.3, -0.25) is 0 Å². The first-order chi connectivity index (χ1) is 17.0. The number of halogens is 3. The molecule has 0 radical (unpaired) electrons. The molecule has 4 aromatic rings. The quantitative estimate of drug-likeness (QED) is 0.219. The van der Waals surface area contributed by atoms with Crippen LogP contribution < -0.4 is 24.3 Å². The van der Waals surface area contributed by atoms with E-state index in [1.807, 2.05) is 44.2 Å². The summed E-state index contributed by atoms with van der Waals surface area (Å²) in [4.78, 5) is 8.82. The Morgan fingerprint density at radius 1 is 0.806 bits per heavy atom. The van der Waals surface area contributed by atoms with Gasteiger partial charge in [-0.25, -0.2) is 9.97 Å². The summed E-state index contributed by atoms with van der Waals surface area (Å²) in [5.74, 6) is 3.01. The molecule has 0 saturated heterocycles. The van der Waals surface area contributed by atoms with Gasteiger partial charge in [0, 0.05) is 38.8 Å². The molecule has 0 atom stereocenters. The first-order valence-corrected chi connectivity index (χ1v) is 11.8. The zero-order chi connectivity index (χ0) is 24.8. The van der Waals surface area contributed by atoms with Gasteiger partial charge in [0.05, 0.1) is 25.8 Å². The molecule has 1 N–H and O–H groups in total. The molecule has 0 bridgehead atoms. The SMILES string of the molecule is CCOc1cc2ncnc(Nc3ccc(OCc4c(Cl)cccc4Cl)c(OC)c3)c2cc1OCC.Cl. The molecule has 1 aromatic heterocycles. The predicted octanol–water partition coefficient (Wildman–Crippen LogP) is 7.49. The lowest BCUT2D eigenvalue weighted by atomic mass is 10.2. The molecule has 10 heteroatoms. The zero-order valence-electron chi connectivity index (χ0n) is 20.0. The highest BCUT2D eigenvalue weighted by Crippen LogP contribution is 2.37. The number of aromatic nitrogens is 2. The Bertz CT molecular complexity index is 1320. The molecular formula is C26H26Cl3N3O4. The number of fused-ring (bicyclic) bond motifs is 1. The van der Waals surface area contributed by atoms with Crippen molar-refractivity contribution in [2.45, 2.75) is 20.5 Å². The molecular weight excluding hydrogens is 525 g/mol. The number of methoxy groups -OCH3 is 1. The van der Waals surface area contributed by atoms with Crippen molar-refractivity contribution in [2.24, 2.45) is 0 Å². The molecule has 0 aliphatic heterocycles. The third-order valence-electron chi connectivity index (χ3n) is 5.16. The summed E-state index contributed by atoms with van der Waals surface area (Å²) < 4.78 is 23.0. The second-order valence-electron chi connectivity index (χ2n) is 7.38. The fraction of sp³-hybridized carbons (Fsp3) is 0.231. The standard InChI is InChI=1S/C26H25Cl2N3O4.ClH/c1-4-33-24-12-17-21(13-25(24)34-5-2)29-15-30-26(17)31-16-9-10-22(23(11-16)32-3)35-14-18-19(27)7-6-8-20(18)28;/h6-13,15H,4-5,14H2,1-3H3,(H,29,30,31);1H. The van der Waals surface area contributed by atoms with Crippen molar-refractivity contribution in [3.8, 4) is 23.0 Å². The van der Waals surface area contributed by atoms with Crippen LogP contribution >= 0.6 is 35.6 Å². The molecule has 0 aliphatic carbocycles. The monoisotopic (exact) mass is 549 g/mol. The van der Waals surface area contributed by atoms with E-state index in [4.69, 9.17) is 42.1 Å². The summed E-state index contributed by atoms with van der Waals surface area (Å²) in [5, 5.41) is 5.23. The average molecular weight is 551 g/mol. The number of hydrogen-bond donors (Lipinski definition) is 1. The van der Waals surface area contributed by atoms with E-state index in [0.29, 0.717) is 57.6 Å². The Morgan fingerprint density at radius 2 is 1.50 bits per heavy atom. The molecule has 7 nitrogen and oxygen atoms in total. The molecule has 3 aromatic carbocycles. The van der Waals surface area contributed by atoms with Gasteiger partial charge >= 0.3 is 0 Å². The third kappa shape index (κ3) is 6.16. The Morgan fingerprint density at radius 3 is 2.17 bits per heavy atom. The van der Waals surface area contributed by atoms with E-state index in [1.165, 1.54) is 6.33 Å². The third-order valence-corrected chi connectivity index (χ3v) is 5.87. The van der Waals surface area contributed by atoms with Crippen LogP contribution in [0.5, 0.6) is 23.0 Å². The number of benzene rings is 3. The van der Waals surface area contributed by atoms with E-state index >= 15 is 0 Å². The van der Waals surface area contributed by atoms with Gasteiger partial charge in [-0.2, -0.15) is 0 Å². The Hall–Kier alpha value is -3.13. The number of ether oxygens (including phenoxy) is 4. The second-order valence-corrected chi connectivity index (χ2v) is 8.20. The maximum absolute atomic E-state index is 6.26. The lowest BCUT2D eigenvalue weighted by Gasteiger charge is -2.16. The molecule has 4 rings (SSSR count). The maximum Gasteiger partial charge on any atom is 0.163 e. The highest BCUT2D eigenvalue weighted by molar-refractivity contribution is 6.35. The largest absolute Gasteiger partial charge is 0.493 e. The Labute approximate surface area is 226 Å². The average Bonchev–Trinajstić information content (AvgIpc) is 2.85. The normalized spacial score (nSPS) is 10.5. The van der Waals surface area contributed by atoms with Crippen molar-refractivity contribution in [3.63, 3.8) is 0 Å². The number of nitrogens with zero attached hydrogens (tertiary/aromatic N) is 2. The molecule has 0 amide bonds. The number of hydrogen-bond acceptors (Lipinski definition) is 7. The van der Waals surface area contributed by atoms with Gasteiger partial charge in [-0.1, -0.05) is 29.3 Å². The number of rotatable bonds is 10. The minimum Gasteiger partial charge on any atom is -0.493 e. The van der Waals surface area contributed by atoms with Crippen LogP contribution in [0.4, 0.5) is 11.5 Å². The first-order valence-electron chi connectivity index (χ1n) is 11.1. The van der Waals surface area contributed by atoms with Gasteiger partial charge in [0.25, 0.3) is 0 Å². The summed E-state index contributed by atoms with van der Waals surface area (Å²) >= 11 is 12.5. The van der Waals surface area contributed by atoms with E-state index in [1.54, 1.807) is 25.3 Å². The van der Waals surface area contributed by atoms with Crippen LogP contribution in [0, 0.1) is 0 Å². The smallest absolute Gasteiger partial charge is 0.163 e. The van der Waals surface area contributed by atoms with Crippen molar-refractivity contribution in [1.29, 1.82) is 0 Å². The highest BCUT2D eigenvalue weighted by Gasteiger charge is 2.14. The van der Waals surface area contributed by atoms with Crippen LogP contribution in [-0.2, 0) is 6.61 Å². The van der Waals surface area contributed by atoms with Gasteiger partial charge in [0.1, 0.15) is 18.8 Å². The highest BCUT2D eigenvalue weighted by atomic mass is 35.5. The summed E-state index contributed by atoms with van der Waals surface area (Å²) in [6.07, 6.45) is 1.50. The molecule has 0 unspecified atom stereocenters. The lowest BCUT2D eigenvalue weighted by molar-refractivity contribution is 0.285.